The number of nitrogens with zero attached hydrogens (tertiary/aromatic N) is 1. The van der Waals surface area contributed by atoms with E-state index >= 15 is 0 Å². The maximum absolute atomic E-state index is 13.0. The fourth-order valence-electron chi connectivity index (χ4n) is 2.67. The number of carbonyl (C=O) groups excluding carboxylic acids is 1. The second kappa shape index (κ2) is 6.18. The minimum Gasteiger partial charge on any atom is -0.457 e. The number of carbonyl (C=O) groups is 1. The van der Waals surface area contributed by atoms with Crippen LogP contribution in [-0.2, 0) is 4.74 Å². The van der Waals surface area contributed by atoms with E-state index in [2.05, 4.69) is 4.90 Å². The van der Waals surface area contributed by atoms with Gasteiger partial charge in [0.15, 0.2) is 0 Å². The molecule has 5 heteroatoms. The fraction of sp³-hybridized carbons (Fsp3) is 0.353. The summed E-state index contributed by atoms with van der Waals surface area (Å²) < 4.78 is 18.6. The van der Waals surface area contributed by atoms with Crippen LogP contribution in [0.1, 0.15) is 21.7 Å². The maximum Gasteiger partial charge on any atom is 0.348 e. The van der Waals surface area contributed by atoms with E-state index in [0.717, 1.165) is 35.5 Å². The summed E-state index contributed by atoms with van der Waals surface area (Å²) in [5.74, 6) is -0.523. The molecule has 0 spiro atoms. The van der Waals surface area contributed by atoms with E-state index < -0.39 is 0 Å². The number of halogens is 1. The van der Waals surface area contributed by atoms with Gasteiger partial charge in [-0.1, -0.05) is 12.1 Å². The molecule has 1 aliphatic rings. The van der Waals surface area contributed by atoms with Gasteiger partial charge in [-0.2, -0.15) is 0 Å². The highest BCUT2D eigenvalue weighted by molar-refractivity contribution is 7.17. The molecule has 2 heterocycles. The zero-order chi connectivity index (χ0) is 15.7. The summed E-state index contributed by atoms with van der Waals surface area (Å²) in [6.45, 7) is 3.71. The summed E-state index contributed by atoms with van der Waals surface area (Å²) in [4.78, 5) is 16.0. The zero-order valence-corrected chi connectivity index (χ0v) is 13.5. The van der Waals surface area contributed by atoms with Gasteiger partial charge in [0.05, 0.1) is 0 Å². The van der Waals surface area contributed by atoms with Gasteiger partial charge in [0.2, 0.25) is 0 Å². The van der Waals surface area contributed by atoms with Crippen LogP contribution in [0.25, 0.3) is 10.4 Å². The summed E-state index contributed by atoms with van der Waals surface area (Å²) in [5.41, 5.74) is 1.93. The van der Waals surface area contributed by atoms with Crippen molar-refractivity contribution in [1.29, 1.82) is 0 Å². The highest BCUT2D eigenvalue weighted by Gasteiger charge is 2.24. The van der Waals surface area contributed by atoms with Crippen LogP contribution in [0.5, 0.6) is 0 Å². The molecular weight excluding hydrogens is 301 g/mol. The molecule has 1 aromatic heterocycles. The Kier molecular flexibility index (Phi) is 4.27. The van der Waals surface area contributed by atoms with Crippen LogP contribution in [0.4, 0.5) is 4.39 Å². The molecule has 1 aliphatic heterocycles. The highest BCUT2D eigenvalue weighted by atomic mass is 32.1. The van der Waals surface area contributed by atoms with Crippen LogP contribution in [0.2, 0.25) is 0 Å². The smallest absolute Gasteiger partial charge is 0.348 e. The lowest BCUT2D eigenvalue weighted by atomic mass is 10.1. The van der Waals surface area contributed by atoms with Gasteiger partial charge in [-0.05, 0) is 49.7 Å². The molecule has 0 N–H and O–H groups in total. The Hall–Kier alpha value is -1.72. The molecule has 0 radical (unpaired) electrons. The van der Waals surface area contributed by atoms with Gasteiger partial charge in [-0.25, -0.2) is 9.18 Å². The molecule has 0 amide bonds. The quantitative estimate of drug-likeness (QED) is 0.808. The molecule has 1 atom stereocenters. The van der Waals surface area contributed by atoms with Gasteiger partial charge >= 0.3 is 5.97 Å². The SMILES string of the molecule is Cc1cc(C(=O)O[C@H]2CCN(C)C2)sc1-c1ccc(F)cc1. The number of likely N-dealkylation sites (tertiary alicyclic amines) is 1. The second-order valence-electron chi connectivity index (χ2n) is 5.71. The molecule has 2 aromatic rings. The first-order valence-electron chi connectivity index (χ1n) is 7.29. The van der Waals surface area contributed by atoms with E-state index in [0.29, 0.717) is 4.88 Å². The van der Waals surface area contributed by atoms with Crippen molar-refractivity contribution in [2.24, 2.45) is 0 Å². The van der Waals surface area contributed by atoms with Crippen LogP contribution >= 0.6 is 11.3 Å². The molecule has 0 aliphatic carbocycles. The van der Waals surface area contributed by atoms with Crippen LogP contribution in [0.15, 0.2) is 30.3 Å². The lowest BCUT2D eigenvalue weighted by Crippen LogP contribution is -2.21. The van der Waals surface area contributed by atoms with Gasteiger partial charge in [-0.15, -0.1) is 11.3 Å². The minimum atomic E-state index is -0.262. The normalized spacial score (nSPS) is 18.6. The predicted molar refractivity (Wildman–Crippen MR) is 85.8 cm³/mol. The zero-order valence-electron chi connectivity index (χ0n) is 12.6. The number of aryl methyl sites for hydroxylation is 1. The van der Waals surface area contributed by atoms with Crippen molar-refractivity contribution in [2.45, 2.75) is 19.4 Å². The third kappa shape index (κ3) is 3.20. The number of thiophene rings is 1. The average Bonchev–Trinajstić information content (AvgIpc) is 3.06. The van der Waals surface area contributed by atoms with Crippen LogP contribution in [0.3, 0.4) is 0 Å². The van der Waals surface area contributed by atoms with E-state index in [1.807, 2.05) is 20.0 Å². The minimum absolute atomic E-state index is 0.0193. The number of hydrogen-bond donors (Lipinski definition) is 0. The lowest BCUT2D eigenvalue weighted by molar-refractivity contribution is 0.0333. The van der Waals surface area contributed by atoms with Gasteiger partial charge in [0, 0.05) is 18.0 Å². The Labute approximate surface area is 133 Å². The van der Waals surface area contributed by atoms with Crippen molar-refractivity contribution >= 4 is 17.3 Å². The molecule has 3 nitrogen and oxygen atoms in total. The third-order valence-corrected chi connectivity index (χ3v) is 5.11. The Morgan fingerprint density at radius 2 is 2.09 bits per heavy atom. The van der Waals surface area contributed by atoms with Crippen molar-refractivity contribution in [1.82, 2.24) is 4.90 Å². The van der Waals surface area contributed by atoms with E-state index in [9.17, 15) is 9.18 Å². The van der Waals surface area contributed by atoms with Gasteiger partial charge < -0.3 is 9.64 Å². The van der Waals surface area contributed by atoms with Crippen molar-refractivity contribution in [3.8, 4) is 10.4 Å². The number of likely N-dealkylation sites (N-methyl/N-ethyl adjacent to an activating group) is 1. The van der Waals surface area contributed by atoms with Crippen LogP contribution in [0, 0.1) is 12.7 Å². The molecular formula is C17H18FNO2S. The summed E-state index contributed by atoms with van der Waals surface area (Å²) in [5, 5.41) is 0. The number of hydrogen-bond acceptors (Lipinski definition) is 4. The molecule has 1 saturated heterocycles. The second-order valence-corrected chi connectivity index (χ2v) is 6.76. The van der Waals surface area contributed by atoms with Gasteiger partial charge in [-0.3, -0.25) is 0 Å². The Balaban J connectivity index is 1.76. The van der Waals surface area contributed by atoms with Gasteiger partial charge in [0.25, 0.3) is 0 Å². The van der Waals surface area contributed by atoms with Crippen molar-refractivity contribution < 1.29 is 13.9 Å². The molecule has 0 unspecified atom stereocenters. The third-order valence-electron chi connectivity index (χ3n) is 3.85. The van der Waals surface area contributed by atoms with Crippen molar-refractivity contribution in [2.75, 3.05) is 20.1 Å². The standard InChI is InChI=1S/C17H18FNO2S/c1-11-9-15(17(20)21-14-7-8-19(2)10-14)22-16(11)12-3-5-13(18)6-4-12/h3-6,9,14H,7-8,10H2,1-2H3/t14-/m0/s1. The van der Waals surface area contributed by atoms with E-state index in [-0.39, 0.29) is 17.9 Å². The average molecular weight is 319 g/mol. The lowest BCUT2D eigenvalue weighted by Gasteiger charge is -2.11. The number of ether oxygens (including phenoxy) is 1. The molecule has 1 aromatic carbocycles. The largest absolute Gasteiger partial charge is 0.457 e. The number of rotatable bonds is 3. The van der Waals surface area contributed by atoms with E-state index in [1.165, 1.54) is 23.5 Å². The van der Waals surface area contributed by atoms with E-state index in [4.69, 9.17) is 4.74 Å². The molecule has 116 valence electrons. The summed E-state index contributed by atoms with van der Waals surface area (Å²) in [6, 6.07) is 8.18. The molecule has 0 saturated carbocycles. The Bertz CT molecular complexity index is 680. The summed E-state index contributed by atoms with van der Waals surface area (Å²) in [7, 11) is 2.02. The first kappa shape index (κ1) is 15.2. The summed E-state index contributed by atoms with van der Waals surface area (Å²) in [6.07, 6.45) is 0.867. The van der Waals surface area contributed by atoms with Crippen LogP contribution in [-0.4, -0.2) is 37.1 Å². The summed E-state index contributed by atoms with van der Waals surface area (Å²) >= 11 is 1.40. The highest BCUT2D eigenvalue weighted by Crippen LogP contribution is 2.33. The van der Waals surface area contributed by atoms with Crippen molar-refractivity contribution in [3.05, 3.63) is 46.6 Å². The molecule has 0 bridgehead atoms. The van der Waals surface area contributed by atoms with Crippen LogP contribution < -0.4 is 0 Å². The topological polar surface area (TPSA) is 29.5 Å². The Morgan fingerprint density at radius 1 is 1.36 bits per heavy atom. The molecule has 1 fully saturated rings. The number of esters is 1. The maximum atomic E-state index is 13.0. The fourth-order valence-corrected chi connectivity index (χ4v) is 3.73. The van der Waals surface area contributed by atoms with Gasteiger partial charge in [0.1, 0.15) is 16.8 Å². The number of benzene rings is 1. The molecule has 3 rings (SSSR count). The first-order valence-corrected chi connectivity index (χ1v) is 8.10. The van der Waals surface area contributed by atoms with E-state index in [1.54, 1.807) is 12.1 Å². The predicted octanol–water partition coefficient (Wildman–Crippen LogP) is 3.72. The molecule has 22 heavy (non-hydrogen) atoms. The first-order chi connectivity index (χ1) is 10.5. The Morgan fingerprint density at radius 3 is 2.73 bits per heavy atom. The monoisotopic (exact) mass is 319 g/mol. The van der Waals surface area contributed by atoms with Crippen molar-refractivity contribution in [3.63, 3.8) is 0 Å².